The van der Waals surface area contributed by atoms with E-state index in [-0.39, 0.29) is 5.91 Å². The van der Waals surface area contributed by atoms with E-state index in [1.807, 2.05) is 38.1 Å². The van der Waals surface area contributed by atoms with Crippen molar-refractivity contribution in [1.29, 1.82) is 0 Å². The fourth-order valence-electron chi connectivity index (χ4n) is 3.30. The zero-order valence-electron chi connectivity index (χ0n) is 16.2. The number of rotatable bonds is 5. The summed E-state index contributed by atoms with van der Waals surface area (Å²) >= 11 is 0. The molecule has 2 amide bonds. The molecule has 0 saturated carbocycles. The lowest BCUT2D eigenvalue weighted by Crippen LogP contribution is -2.13. The third-order valence-corrected chi connectivity index (χ3v) is 4.66. The van der Waals surface area contributed by atoms with E-state index in [0.29, 0.717) is 11.3 Å². The summed E-state index contributed by atoms with van der Waals surface area (Å²) in [5.41, 5.74) is 11.3. The molecule has 3 rings (SSSR count). The number of para-hydroxylation sites is 1. The molecule has 0 spiro atoms. The smallest absolute Gasteiger partial charge is 0.248 e. The maximum Gasteiger partial charge on any atom is 0.248 e. The number of benzene rings is 2. The Labute approximate surface area is 164 Å². The van der Waals surface area contributed by atoms with E-state index in [4.69, 9.17) is 5.73 Å². The predicted octanol–water partition coefficient (Wildman–Crippen LogP) is 4.15. The molecule has 1 heterocycles. The number of hydrogen-bond acceptors (Lipinski definition) is 2. The lowest BCUT2D eigenvalue weighted by atomic mass is 10.1. The van der Waals surface area contributed by atoms with Crippen LogP contribution in [0.2, 0.25) is 0 Å². The van der Waals surface area contributed by atoms with Gasteiger partial charge in [-0.2, -0.15) is 0 Å². The number of nitrogens with two attached hydrogens (primary N) is 1. The van der Waals surface area contributed by atoms with Gasteiger partial charge in [-0.15, -0.1) is 0 Å². The molecular formula is C23H23N3O2. The van der Waals surface area contributed by atoms with Crippen molar-refractivity contribution in [1.82, 2.24) is 4.57 Å². The summed E-state index contributed by atoms with van der Waals surface area (Å²) in [4.78, 5) is 23.6. The van der Waals surface area contributed by atoms with Gasteiger partial charge >= 0.3 is 0 Å². The van der Waals surface area contributed by atoms with Crippen molar-refractivity contribution in [2.45, 2.75) is 20.8 Å². The van der Waals surface area contributed by atoms with E-state index in [1.54, 1.807) is 25.1 Å². The van der Waals surface area contributed by atoms with Gasteiger partial charge in [0.2, 0.25) is 11.8 Å². The number of carbonyl (C=O) groups is 2. The molecule has 0 saturated heterocycles. The molecule has 0 aliphatic rings. The average molecular weight is 373 g/mol. The highest BCUT2D eigenvalue weighted by Gasteiger charge is 2.09. The third kappa shape index (κ3) is 4.04. The third-order valence-electron chi connectivity index (χ3n) is 4.66. The second-order valence-corrected chi connectivity index (χ2v) is 6.71. The largest absolute Gasteiger partial charge is 0.366 e. The quantitative estimate of drug-likeness (QED) is 0.659. The Hall–Kier alpha value is -3.60. The summed E-state index contributed by atoms with van der Waals surface area (Å²) in [5, 5.41) is 2.81. The second kappa shape index (κ2) is 7.96. The topological polar surface area (TPSA) is 77.1 Å². The Morgan fingerprint density at radius 3 is 2.36 bits per heavy atom. The summed E-state index contributed by atoms with van der Waals surface area (Å²) < 4.78 is 2.16. The van der Waals surface area contributed by atoms with E-state index >= 15 is 0 Å². The molecule has 2 aromatic carbocycles. The first-order chi connectivity index (χ1) is 13.4. The van der Waals surface area contributed by atoms with Gasteiger partial charge in [-0.3, -0.25) is 9.59 Å². The van der Waals surface area contributed by atoms with Crippen molar-refractivity contribution in [2.24, 2.45) is 5.73 Å². The van der Waals surface area contributed by atoms with Crippen LogP contribution in [0.15, 0.2) is 60.7 Å². The molecule has 28 heavy (non-hydrogen) atoms. The van der Waals surface area contributed by atoms with Crippen LogP contribution in [0.4, 0.5) is 5.69 Å². The van der Waals surface area contributed by atoms with Crippen molar-refractivity contribution < 1.29 is 9.59 Å². The van der Waals surface area contributed by atoms with Crippen molar-refractivity contribution in [3.05, 3.63) is 88.8 Å². The highest BCUT2D eigenvalue weighted by molar-refractivity contribution is 6.02. The molecule has 0 aliphatic heterocycles. The highest BCUT2D eigenvalue weighted by atomic mass is 16.1. The van der Waals surface area contributed by atoms with Crippen LogP contribution in [-0.4, -0.2) is 16.4 Å². The number of nitrogens with zero attached hydrogens (tertiary/aromatic N) is 1. The molecular weight excluding hydrogens is 350 g/mol. The van der Waals surface area contributed by atoms with E-state index < -0.39 is 5.91 Å². The fraction of sp³-hybridized carbons (Fsp3) is 0.130. The number of anilines is 1. The molecule has 3 aromatic rings. The molecule has 0 radical (unpaired) electrons. The number of aromatic nitrogens is 1. The van der Waals surface area contributed by atoms with Crippen LogP contribution >= 0.6 is 0 Å². The molecule has 1 aromatic heterocycles. The summed E-state index contributed by atoms with van der Waals surface area (Å²) in [7, 11) is 0. The van der Waals surface area contributed by atoms with Crippen LogP contribution < -0.4 is 11.1 Å². The van der Waals surface area contributed by atoms with Gasteiger partial charge in [0, 0.05) is 34.4 Å². The van der Waals surface area contributed by atoms with Crippen molar-refractivity contribution >= 4 is 23.6 Å². The molecule has 5 nitrogen and oxygen atoms in total. The van der Waals surface area contributed by atoms with Crippen molar-refractivity contribution in [3.63, 3.8) is 0 Å². The highest BCUT2D eigenvalue weighted by Crippen LogP contribution is 2.22. The number of carbonyl (C=O) groups excluding carboxylic acids is 2. The summed E-state index contributed by atoms with van der Waals surface area (Å²) in [5.74, 6) is -0.722. The lowest BCUT2D eigenvalue weighted by Gasteiger charge is -2.09. The van der Waals surface area contributed by atoms with Crippen molar-refractivity contribution in [2.75, 3.05) is 5.32 Å². The van der Waals surface area contributed by atoms with Crippen LogP contribution in [0.5, 0.6) is 0 Å². The minimum absolute atomic E-state index is 0.240. The maximum absolute atomic E-state index is 12.3. The molecule has 142 valence electrons. The summed E-state index contributed by atoms with van der Waals surface area (Å²) in [6.07, 6.45) is 3.32. The van der Waals surface area contributed by atoms with E-state index in [0.717, 1.165) is 28.2 Å². The molecule has 0 bridgehead atoms. The molecule has 5 heteroatoms. The van der Waals surface area contributed by atoms with Gasteiger partial charge < -0.3 is 15.6 Å². The minimum Gasteiger partial charge on any atom is -0.366 e. The normalized spacial score (nSPS) is 11.0. The Bertz CT molecular complexity index is 1060. The average Bonchev–Trinajstić information content (AvgIpc) is 2.94. The zero-order chi connectivity index (χ0) is 20.3. The van der Waals surface area contributed by atoms with E-state index in [2.05, 4.69) is 28.1 Å². The first-order valence-electron chi connectivity index (χ1n) is 9.00. The monoisotopic (exact) mass is 373 g/mol. The first kappa shape index (κ1) is 19.2. The Morgan fingerprint density at radius 2 is 1.71 bits per heavy atom. The molecule has 0 atom stereocenters. The van der Waals surface area contributed by atoms with Gasteiger partial charge in [-0.1, -0.05) is 18.2 Å². The number of nitrogens with one attached hydrogen (secondary N) is 1. The Kier molecular flexibility index (Phi) is 5.45. The van der Waals surface area contributed by atoms with Gasteiger partial charge in [0.15, 0.2) is 0 Å². The maximum atomic E-state index is 12.3. The van der Waals surface area contributed by atoms with Crippen LogP contribution in [0.25, 0.3) is 11.8 Å². The number of aryl methyl sites for hydroxylation is 2. The SMILES string of the molecule is Cc1cc(NC(=O)/C=C/c2cc(C)n(-c3ccccc3)c2C)ccc1C(N)=O. The van der Waals surface area contributed by atoms with Gasteiger partial charge in [-0.25, -0.2) is 0 Å². The Morgan fingerprint density at radius 1 is 1.00 bits per heavy atom. The summed E-state index contributed by atoms with van der Waals surface area (Å²) in [6, 6.07) is 17.2. The van der Waals surface area contributed by atoms with Gasteiger partial charge in [0.1, 0.15) is 0 Å². The van der Waals surface area contributed by atoms with Crippen LogP contribution in [0, 0.1) is 20.8 Å². The number of amides is 2. The van der Waals surface area contributed by atoms with Crippen LogP contribution in [-0.2, 0) is 4.79 Å². The lowest BCUT2D eigenvalue weighted by molar-refractivity contribution is -0.111. The predicted molar refractivity (Wildman–Crippen MR) is 113 cm³/mol. The second-order valence-electron chi connectivity index (χ2n) is 6.71. The van der Waals surface area contributed by atoms with Gasteiger partial charge in [-0.05, 0) is 74.4 Å². The molecule has 0 unspecified atom stereocenters. The van der Waals surface area contributed by atoms with Crippen LogP contribution in [0.3, 0.4) is 0 Å². The van der Waals surface area contributed by atoms with Crippen molar-refractivity contribution in [3.8, 4) is 5.69 Å². The van der Waals surface area contributed by atoms with Gasteiger partial charge in [0.05, 0.1) is 0 Å². The molecule has 0 fully saturated rings. The fourth-order valence-corrected chi connectivity index (χ4v) is 3.30. The standard InChI is InChI=1S/C23H23N3O2/c1-15-13-19(10-11-21(15)23(24)28)25-22(27)12-9-18-14-16(2)26(17(18)3)20-7-5-4-6-8-20/h4-14H,1-3H3,(H2,24,28)(H,25,27)/b12-9+. The number of hydrogen-bond donors (Lipinski definition) is 2. The van der Waals surface area contributed by atoms with E-state index in [9.17, 15) is 9.59 Å². The Balaban J connectivity index is 1.76. The first-order valence-corrected chi connectivity index (χ1v) is 9.00. The van der Waals surface area contributed by atoms with Crippen LogP contribution in [0.1, 0.15) is 32.9 Å². The minimum atomic E-state index is -0.482. The van der Waals surface area contributed by atoms with E-state index in [1.165, 1.54) is 6.08 Å². The van der Waals surface area contributed by atoms with Gasteiger partial charge in [0.25, 0.3) is 0 Å². The number of primary amides is 1. The zero-order valence-corrected chi connectivity index (χ0v) is 16.2. The molecule has 3 N–H and O–H groups in total. The summed E-state index contributed by atoms with van der Waals surface area (Å²) in [6.45, 7) is 5.86. The molecule has 0 aliphatic carbocycles.